The van der Waals surface area contributed by atoms with Crippen molar-refractivity contribution < 1.29 is 4.79 Å². The summed E-state index contributed by atoms with van der Waals surface area (Å²) in [4.78, 5) is 22.0. The summed E-state index contributed by atoms with van der Waals surface area (Å²) in [5, 5.41) is 4.87. The Hall–Kier alpha value is -2.63. The monoisotopic (exact) mass is 464 g/mol. The number of benzene rings is 2. The maximum absolute atomic E-state index is 12.8. The molecule has 4 rings (SSSR count). The van der Waals surface area contributed by atoms with E-state index in [1.807, 2.05) is 35.2 Å². The Morgan fingerprint density at radius 2 is 1.85 bits per heavy atom. The largest absolute Gasteiger partial charge is 0.324 e. The van der Waals surface area contributed by atoms with Crippen molar-refractivity contribution in [2.24, 2.45) is 0 Å². The van der Waals surface area contributed by atoms with Crippen LogP contribution in [-0.2, 0) is 6.54 Å². The Labute approximate surface area is 201 Å². The molecule has 2 heterocycles. The van der Waals surface area contributed by atoms with Crippen molar-refractivity contribution in [2.45, 2.75) is 45.6 Å². The highest BCUT2D eigenvalue weighted by atomic mass is 35.5. The number of aromatic nitrogens is 1. The minimum atomic E-state index is -0.0355. The molecular weight excluding hydrogens is 432 g/mol. The molecule has 3 aromatic rings. The minimum absolute atomic E-state index is 0.0355. The number of hydrogen-bond acceptors (Lipinski definition) is 3. The summed E-state index contributed by atoms with van der Waals surface area (Å²) in [5.74, 6) is 0.480. The topological polar surface area (TPSA) is 48.5 Å². The first-order valence-electron chi connectivity index (χ1n) is 12.0. The number of rotatable bonds is 7. The lowest BCUT2D eigenvalue weighted by molar-refractivity contribution is 0.194. The predicted molar refractivity (Wildman–Crippen MR) is 137 cm³/mol. The number of pyridine rings is 1. The van der Waals surface area contributed by atoms with Crippen molar-refractivity contribution >= 4 is 34.2 Å². The van der Waals surface area contributed by atoms with Gasteiger partial charge in [-0.1, -0.05) is 43.6 Å². The molecule has 0 saturated carbocycles. The Kier molecular flexibility index (Phi) is 7.84. The van der Waals surface area contributed by atoms with Crippen LogP contribution in [0.4, 0.5) is 10.5 Å². The lowest BCUT2D eigenvalue weighted by Gasteiger charge is -2.32. The van der Waals surface area contributed by atoms with Crippen LogP contribution in [0.3, 0.4) is 0 Å². The third-order valence-electron chi connectivity index (χ3n) is 6.49. The Bertz CT molecular complexity index is 1080. The SMILES string of the molecule is CCCN(CC)Cc1ccc2cc(NC(=O)N3CCC(c4ccc(Cl)cc4)CC3)ccc2n1. The van der Waals surface area contributed by atoms with E-state index in [2.05, 4.69) is 48.3 Å². The molecule has 2 aromatic carbocycles. The number of urea groups is 1. The number of anilines is 1. The standard InChI is InChI=1S/C27H33ClN4O/c1-3-15-31(4-2)19-25-10-7-22-18-24(11-12-26(22)29-25)30-27(33)32-16-13-21(14-17-32)20-5-8-23(28)9-6-20/h5-12,18,21H,3-4,13-17,19H2,1-2H3,(H,30,33). The summed E-state index contributed by atoms with van der Waals surface area (Å²) >= 11 is 6.01. The molecule has 1 N–H and O–H groups in total. The van der Waals surface area contributed by atoms with Crippen LogP contribution in [0.2, 0.25) is 5.02 Å². The van der Waals surface area contributed by atoms with Crippen LogP contribution in [0, 0.1) is 0 Å². The second-order valence-corrected chi connectivity index (χ2v) is 9.26. The van der Waals surface area contributed by atoms with Crippen LogP contribution in [0.25, 0.3) is 10.9 Å². The van der Waals surface area contributed by atoms with E-state index in [0.29, 0.717) is 5.92 Å². The number of piperidine rings is 1. The Morgan fingerprint density at radius 1 is 1.09 bits per heavy atom. The average molecular weight is 465 g/mol. The van der Waals surface area contributed by atoms with Gasteiger partial charge in [0.05, 0.1) is 11.2 Å². The van der Waals surface area contributed by atoms with Gasteiger partial charge in [0.15, 0.2) is 0 Å². The van der Waals surface area contributed by atoms with E-state index in [0.717, 1.165) is 79.3 Å². The molecular formula is C27H33ClN4O. The van der Waals surface area contributed by atoms with Crippen LogP contribution in [0.15, 0.2) is 54.6 Å². The fourth-order valence-electron chi connectivity index (χ4n) is 4.58. The number of nitrogens with zero attached hydrogens (tertiary/aromatic N) is 3. The van der Waals surface area contributed by atoms with E-state index < -0.39 is 0 Å². The summed E-state index contributed by atoms with van der Waals surface area (Å²) in [6, 6.07) is 18.2. The summed E-state index contributed by atoms with van der Waals surface area (Å²) in [7, 11) is 0. The quantitative estimate of drug-likeness (QED) is 0.432. The third kappa shape index (κ3) is 6.04. The van der Waals surface area contributed by atoms with Crippen molar-refractivity contribution in [3.8, 4) is 0 Å². The molecule has 0 atom stereocenters. The van der Waals surface area contributed by atoms with E-state index >= 15 is 0 Å². The highest BCUT2D eigenvalue weighted by Crippen LogP contribution is 2.29. The Balaban J connectivity index is 1.35. The second kappa shape index (κ2) is 11.0. The molecule has 1 saturated heterocycles. The normalized spacial score (nSPS) is 14.7. The minimum Gasteiger partial charge on any atom is -0.324 e. The molecule has 0 unspecified atom stereocenters. The summed E-state index contributed by atoms with van der Waals surface area (Å²) in [5.41, 5.74) is 4.15. The molecule has 0 bridgehead atoms. The first kappa shape index (κ1) is 23.5. The fraction of sp³-hybridized carbons (Fsp3) is 0.407. The first-order chi connectivity index (χ1) is 16.1. The molecule has 0 spiro atoms. The lowest BCUT2D eigenvalue weighted by atomic mass is 9.89. The number of nitrogens with one attached hydrogen (secondary N) is 1. The highest BCUT2D eigenvalue weighted by Gasteiger charge is 2.24. The van der Waals surface area contributed by atoms with Crippen molar-refractivity contribution in [2.75, 3.05) is 31.5 Å². The van der Waals surface area contributed by atoms with E-state index in [1.54, 1.807) is 0 Å². The van der Waals surface area contributed by atoms with Gasteiger partial charge in [-0.05, 0) is 80.2 Å². The van der Waals surface area contributed by atoms with E-state index in [4.69, 9.17) is 16.6 Å². The van der Waals surface area contributed by atoms with Gasteiger partial charge in [0.25, 0.3) is 0 Å². The van der Waals surface area contributed by atoms with Gasteiger partial charge in [0.1, 0.15) is 0 Å². The molecule has 5 nitrogen and oxygen atoms in total. The van der Waals surface area contributed by atoms with Gasteiger partial charge in [-0.25, -0.2) is 4.79 Å². The van der Waals surface area contributed by atoms with Gasteiger partial charge in [0, 0.05) is 35.7 Å². The number of amides is 2. The molecule has 6 heteroatoms. The highest BCUT2D eigenvalue weighted by molar-refractivity contribution is 6.30. The first-order valence-corrected chi connectivity index (χ1v) is 12.4. The lowest BCUT2D eigenvalue weighted by Crippen LogP contribution is -2.40. The van der Waals surface area contributed by atoms with Crippen molar-refractivity contribution in [3.63, 3.8) is 0 Å². The van der Waals surface area contributed by atoms with Gasteiger partial charge in [0.2, 0.25) is 0 Å². The predicted octanol–water partition coefficient (Wildman–Crippen LogP) is 6.53. The summed E-state index contributed by atoms with van der Waals surface area (Å²) in [6.45, 7) is 8.87. The number of fused-ring (bicyclic) bond motifs is 1. The molecule has 1 aliphatic rings. The fourth-order valence-corrected chi connectivity index (χ4v) is 4.71. The summed E-state index contributed by atoms with van der Waals surface area (Å²) in [6.07, 6.45) is 3.07. The van der Waals surface area contributed by atoms with Crippen molar-refractivity contribution in [1.29, 1.82) is 0 Å². The van der Waals surface area contributed by atoms with Gasteiger partial charge in [-0.15, -0.1) is 0 Å². The number of halogens is 1. The molecule has 1 aliphatic heterocycles. The molecule has 1 fully saturated rings. The van der Waals surface area contributed by atoms with Crippen LogP contribution < -0.4 is 5.32 Å². The zero-order valence-corrected chi connectivity index (χ0v) is 20.3. The third-order valence-corrected chi connectivity index (χ3v) is 6.75. The van der Waals surface area contributed by atoms with Crippen molar-refractivity contribution in [3.05, 3.63) is 70.9 Å². The zero-order valence-electron chi connectivity index (χ0n) is 19.6. The molecule has 33 heavy (non-hydrogen) atoms. The molecule has 0 aliphatic carbocycles. The second-order valence-electron chi connectivity index (χ2n) is 8.82. The number of carbonyl (C=O) groups excluding carboxylic acids is 1. The van der Waals surface area contributed by atoms with E-state index in [-0.39, 0.29) is 6.03 Å². The van der Waals surface area contributed by atoms with Crippen LogP contribution in [0.1, 0.15) is 50.3 Å². The summed E-state index contributed by atoms with van der Waals surface area (Å²) < 4.78 is 0. The smallest absolute Gasteiger partial charge is 0.321 e. The Morgan fingerprint density at radius 3 is 2.55 bits per heavy atom. The van der Waals surface area contributed by atoms with Gasteiger partial charge in [-0.3, -0.25) is 9.88 Å². The zero-order chi connectivity index (χ0) is 23.2. The van der Waals surface area contributed by atoms with Gasteiger partial charge < -0.3 is 10.2 Å². The van der Waals surface area contributed by atoms with Crippen LogP contribution in [-0.4, -0.2) is 47.0 Å². The number of likely N-dealkylation sites (tertiary alicyclic amines) is 1. The average Bonchev–Trinajstić information content (AvgIpc) is 2.84. The maximum atomic E-state index is 12.8. The van der Waals surface area contributed by atoms with Gasteiger partial charge >= 0.3 is 6.03 Å². The van der Waals surface area contributed by atoms with E-state index in [9.17, 15) is 4.79 Å². The molecule has 1 aromatic heterocycles. The molecule has 174 valence electrons. The van der Waals surface area contributed by atoms with E-state index in [1.165, 1.54) is 5.56 Å². The van der Waals surface area contributed by atoms with Crippen LogP contribution in [0.5, 0.6) is 0 Å². The van der Waals surface area contributed by atoms with Crippen LogP contribution >= 0.6 is 11.6 Å². The van der Waals surface area contributed by atoms with Crippen molar-refractivity contribution in [1.82, 2.24) is 14.8 Å². The van der Waals surface area contributed by atoms with Gasteiger partial charge in [-0.2, -0.15) is 0 Å². The maximum Gasteiger partial charge on any atom is 0.321 e. The number of hydrogen-bond donors (Lipinski definition) is 1. The number of carbonyl (C=O) groups is 1. The molecule has 0 radical (unpaired) electrons. The molecule has 2 amide bonds.